The Balaban J connectivity index is 1.03. The molecule has 2 heterocycles. The molecule has 0 bridgehead atoms. The van der Waals surface area contributed by atoms with Gasteiger partial charge in [-0.15, -0.1) is 0 Å². The Labute approximate surface area is 345 Å². The molecule has 0 spiro atoms. The quantitative estimate of drug-likeness (QED) is 0.0770. The molecule has 2 atom stereocenters. The van der Waals surface area contributed by atoms with Gasteiger partial charge in [0, 0.05) is 30.0 Å². The van der Waals surface area contributed by atoms with Crippen LogP contribution in [0.4, 0.5) is 4.79 Å². The molecule has 0 radical (unpaired) electrons. The van der Waals surface area contributed by atoms with Gasteiger partial charge in [-0.3, -0.25) is 0 Å². The zero-order valence-corrected chi connectivity index (χ0v) is 33.2. The molecule has 1 aromatic heterocycles. The number of hydrogen-bond donors (Lipinski definition) is 1. The van der Waals surface area contributed by atoms with E-state index in [1.807, 2.05) is 73.1 Å². The summed E-state index contributed by atoms with van der Waals surface area (Å²) in [7, 11) is 1.66. The molecule has 1 amide bonds. The highest BCUT2D eigenvalue weighted by Crippen LogP contribution is 2.43. The van der Waals surface area contributed by atoms with E-state index in [9.17, 15) is 9.90 Å². The van der Waals surface area contributed by atoms with Crippen LogP contribution < -0.4 is 9.47 Å². The van der Waals surface area contributed by atoms with Crippen molar-refractivity contribution < 1.29 is 28.8 Å². The van der Waals surface area contributed by atoms with Gasteiger partial charge >= 0.3 is 6.09 Å². The Kier molecular flexibility index (Phi) is 12.3. The van der Waals surface area contributed by atoms with Crippen LogP contribution in [0.1, 0.15) is 52.1 Å². The number of rotatable bonds is 16. The van der Waals surface area contributed by atoms with E-state index in [-0.39, 0.29) is 25.2 Å². The number of nitrogens with zero attached hydrogens (tertiary/aromatic N) is 3. The topological polar surface area (TPSA) is 95.3 Å². The van der Waals surface area contributed by atoms with Gasteiger partial charge in [-0.1, -0.05) is 133 Å². The number of piperidine rings is 1. The second kappa shape index (κ2) is 18.4. The van der Waals surface area contributed by atoms with E-state index in [1.165, 1.54) is 4.90 Å². The first-order chi connectivity index (χ1) is 29.1. The lowest BCUT2D eigenvalue weighted by atomic mass is 9.76. The molecule has 2 unspecified atom stereocenters. The number of methoxy groups -OCH3 is 1. The predicted octanol–water partition coefficient (Wildman–Crippen LogP) is 9.92. The maximum Gasteiger partial charge on any atom is 0.407 e. The van der Waals surface area contributed by atoms with Crippen LogP contribution in [0.3, 0.4) is 0 Å². The van der Waals surface area contributed by atoms with Crippen molar-refractivity contribution in [3.8, 4) is 11.5 Å². The highest BCUT2D eigenvalue weighted by molar-refractivity contribution is 5.80. The van der Waals surface area contributed by atoms with Gasteiger partial charge in [0.15, 0.2) is 0 Å². The number of fused-ring (bicyclic) bond motifs is 1. The van der Waals surface area contributed by atoms with Crippen LogP contribution in [-0.4, -0.2) is 65.2 Å². The third kappa shape index (κ3) is 8.44. The molecule has 8 rings (SSSR count). The Morgan fingerprint density at radius 2 is 1.36 bits per heavy atom. The summed E-state index contributed by atoms with van der Waals surface area (Å²) in [6, 6.07) is 53.8. The summed E-state index contributed by atoms with van der Waals surface area (Å²) in [5, 5.41) is 10.0. The lowest BCUT2D eigenvalue weighted by molar-refractivity contribution is -0.0196. The standard InChI is InChI=1S/C50H49N3O6/c1-56-46-24-12-11-15-38(46)34-57-31-14-32-58-43-27-25-37(26-28-43)44-29-30-52(49(54)55)33-47(44)59-35-39-16-13-23-45-48(39)53(36-51-45)50(40-17-5-2-6-18-40,41-19-7-3-8-20-41)42-21-9-4-10-22-42/h2-13,15-28,36,44,47H,14,29-35H2,1H3,(H,54,55). The number of carbonyl (C=O) groups is 1. The lowest BCUT2D eigenvalue weighted by Gasteiger charge is -2.39. The van der Waals surface area contributed by atoms with Gasteiger partial charge in [0.1, 0.15) is 17.0 Å². The van der Waals surface area contributed by atoms with Crippen LogP contribution in [0.25, 0.3) is 11.0 Å². The minimum absolute atomic E-state index is 0.0100. The summed E-state index contributed by atoms with van der Waals surface area (Å²) in [4.78, 5) is 18.7. The predicted molar refractivity (Wildman–Crippen MR) is 229 cm³/mol. The van der Waals surface area contributed by atoms with Crippen molar-refractivity contribution in [1.29, 1.82) is 0 Å². The molecule has 7 aromatic rings. The number of likely N-dealkylation sites (tertiary alicyclic amines) is 1. The number of carboxylic acid groups (broad SMARTS) is 1. The minimum Gasteiger partial charge on any atom is -0.496 e. The molecule has 6 aromatic carbocycles. The third-order valence-electron chi connectivity index (χ3n) is 11.3. The minimum atomic E-state index is -0.939. The van der Waals surface area contributed by atoms with E-state index < -0.39 is 11.6 Å². The summed E-state index contributed by atoms with van der Waals surface area (Å²) in [6.07, 6.45) is 2.01. The van der Waals surface area contributed by atoms with Crippen LogP contribution in [-0.2, 0) is 28.2 Å². The van der Waals surface area contributed by atoms with Crippen LogP contribution in [0.5, 0.6) is 11.5 Å². The van der Waals surface area contributed by atoms with Crippen LogP contribution in [0, 0.1) is 0 Å². The fourth-order valence-electron chi connectivity index (χ4n) is 8.47. The van der Waals surface area contributed by atoms with Crippen molar-refractivity contribution in [3.05, 3.63) is 197 Å². The first-order valence-electron chi connectivity index (χ1n) is 20.2. The molecule has 9 nitrogen and oxygen atoms in total. The number of imidazole rings is 1. The number of amides is 1. The molecular formula is C50H49N3O6. The van der Waals surface area contributed by atoms with Gasteiger partial charge in [0.25, 0.3) is 0 Å². The van der Waals surface area contributed by atoms with Gasteiger partial charge in [-0.2, -0.15) is 0 Å². The van der Waals surface area contributed by atoms with Crippen molar-refractivity contribution in [2.75, 3.05) is 33.4 Å². The first kappa shape index (κ1) is 39.4. The van der Waals surface area contributed by atoms with Crippen LogP contribution in [0.2, 0.25) is 0 Å². The third-order valence-corrected chi connectivity index (χ3v) is 11.3. The summed E-state index contributed by atoms with van der Waals surface area (Å²) in [6.45, 7) is 2.55. The van der Waals surface area contributed by atoms with Crippen molar-refractivity contribution in [2.24, 2.45) is 0 Å². The van der Waals surface area contributed by atoms with Gasteiger partial charge in [-0.05, 0) is 52.9 Å². The van der Waals surface area contributed by atoms with E-state index in [0.29, 0.717) is 32.8 Å². The molecular weight excluding hydrogens is 739 g/mol. The molecule has 1 aliphatic rings. The average molecular weight is 788 g/mol. The lowest BCUT2D eigenvalue weighted by Crippen LogP contribution is -2.46. The summed E-state index contributed by atoms with van der Waals surface area (Å²) < 4.78 is 26.5. The van der Waals surface area contributed by atoms with Crippen LogP contribution >= 0.6 is 0 Å². The maximum atomic E-state index is 12.3. The van der Waals surface area contributed by atoms with E-state index >= 15 is 0 Å². The van der Waals surface area contributed by atoms with E-state index in [0.717, 1.165) is 62.3 Å². The van der Waals surface area contributed by atoms with Crippen molar-refractivity contribution in [3.63, 3.8) is 0 Å². The molecule has 300 valence electrons. The summed E-state index contributed by atoms with van der Waals surface area (Å²) in [5.41, 5.74) is 7.42. The average Bonchev–Trinajstić information content (AvgIpc) is 3.73. The zero-order chi connectivity index (χ0) is 40.4. The molecule has 1 aliphatic heterocycles. The SMILES string of the molecule is COc1ccccc1COCCCOc1ccc(C2CCN(C(=O)O)CC2OCc2cccc3ncn(C(c4ccccc4)(c4ccccc4)c4ccccc4)c23)cc1. The fraction of sp³-hybridized carbons (Fsp3) is 0.240. The smallest absolute Gasteiger partial charge is 0.407 e. The van der Waals surface area contributed by atoms with Gasteiger partial charge < -0.3 is 33.5 Å². The first-order valence-corrected chi connectivity index (χ1v) is 20.2. The van der Waals surface area contributed by atoms with Gasteiger partial charge in [0.2, 0.25) is 0 Å². The molecule has 1 N–H and O–H groups in total. The molecule has 0 saturated carbocycles. The van der Waals surface area contributed by atoms with Crippen LogP contribution in [0.15, 0.2) is 164 Å². The zero-order valence-electron chi connectivity index (χ0n) is 33.2. The van der Waals surface area contributed by atoms with E-state index in [1.54, 1.807) is 7.11 Å². The number of hydrogen-bond acceptors (Lipinski definition) is 6. The number of aromatic nitrogens is 2. The van der Waals surface area contributed by atoms with Crippen molar-refractivity contribution in [1.82, 2.24) is 14.5 Å². The Hall–Kier alpha value is -6.42. The maximum absolute atomic E-state index is 12.3. The van der Waals surface area contributed by atoms with Crippen molar-refractivity contribution >= 4 is 17.1 Å². The molecule has 59 heavy (non-hydrogen) atoms. The second-order valence-electron chi connectivity index (χ2n) is 14.8. The Bertz CT molecular complexity index is 2320. The number of benzene rings is 6. The number of ether oxygens (including phenoxy) is 4. The highest BCUT2D eigenvalue weighted by atomic mass is 16.5. The fourth-order valence-corrected chi connectivity index (χ4v) is 8.47. The second-order valence-corrected chi connectivity index (χ2v) is 14.8. The van der Waals surface area contributed by atoms with Gasteiger partial charge in [0.05, 0.1) is 63.5 Å². The molecule has 1 fully saturated rings. The largest absolute Gasteiger partial charge is 0.496 e. The molecule has 0 aliphatic carbocycles. The van der Waals surface area contributed by atoms with Gasteiger partial charge in [-0.25, -0.2) is 9.78 Å². The van der Waals surface area contributed by atoms with E-state index in [4.69, 9.17) is 23.9 Å². The molecule has 1 saturated heterocycles. The Morgan fingerprint density at radius 3 is 2.00 bits per heavy atom. The summed E-state index contributed by atoms with van der Waals surface area (Å²) >= 11 is 0. The molecule has 9 heteroatoms. The highest BCUT2D eigenvalue weighted by Gasteiger charge is 2.40. The Morgan fingerprint density at radius 1 is 0.729 bits per heavy atom. The van der Waals surface area contributed by atoms with E-state index in [2.05, 4.69) is 95.6 Å². The monoisotopic (exact) mass is 787 g/mol. The normalized spacial score (nSPS) is 15.6. The van der Waals surface area contributed by atoms with Crippen molar-refractivity contribution in [2.45, 2.75) is 43.6 Å². The number of para-hydroxylation sites is 2. The summed E-state index contributed by atoms with van der Waals surface area (Å²) in [5.74, 6) is 1.59.